The number of amidine groups is 1. The number of pyridine rings is 1. The number of aromatic nitrogens is 1. The molecule has 0 spiro atoms. The standard InChI is InChI=1S/C18H15N3OS2/c22-17-16(24-18(21-17)20-11-14-4-2-8-23-14)10-12-5-6-15-13(9-12)3-1-7-19-15/h1-9,16H,10-11H2,(H,20,21,22). The Morgan fingerprint density at radius 1 is 1.17 bits per heavy atom. The van der Waals surface area contributed by atoms with Gasteiger partial charge in [0.05, 0.1) is 17.3 Å². The topological polar surface area (TPSA) is 54.4 Å². The van der Waals surface area contributed by atoms with Crippen molar-refractivity contribution in [3.8, 4) is 0 Å². The first-order valence-corrected chi connectivity index (χ1v) is 9.43. The summed E-state index contributed by atoms with van der Waals surface area (Å²) in [5.74, 6) is -0.0556. The smallest absolute Gasteiger partial charge is 0.261 e. The lowest BCUT2D eigenvalue weighted by Crippen LogP contribution is -2.18. The van der Waals surface area contributed by atoms with Gasteiger partial charge in [-0.25, -0.2) is 0 Å². The molecule has 0 bridgehead atoms. The minimum absolute atomic E-state index is 0.0556. The van der Waals surface area contributed by atoms with Gasteiger partial charge in [0.25, 0.3) is 5.91 Å². The number of nitrogens with one attached hydrogen (secondary N) is 1. The van der Waals surface area contributed by atoms with Gasteiger partial charge >= 0.3 is 0 Å². The van der Waals surface area contributed by atoms with Gasteiger partial charge in [-0.1, -0.05) is 30.0 Å². The van der Waals surface area contributed by atoms with Crippen molar-refractivity contribution in [3.05, 3.63) is 64.5 Å². The Hall–Kier alpha value is -2.18. The van der Waals surface area contributed by atoms with Crippen LogP contribution in [-0.4, -0.2) is 21.3 Å². The summed E-state index contributed by atoms with van der Waals surface area (Å²) in [6, 6.07) is 14.2. The van der Waals surface area contributed by atoms with Crippen LogP contribution in [0.15, 0.2) is 59.0 Å². The Morgan fingerprint density at radius 3 is 3.00 bits per heavy atom. The van der Waals surface area contributed by atoms with E-state index in [1.165, 1.54) is 16.6 Å². The Bertz CT molecular complexity index is 906. The van der Waals surface area contributed by atoms with E-state index >= 15 is 0 Å². The lowest BCUT2D eigenvalue weighted by molar-refractivity contribution is -0.117. The lowest BCUT2D eigenvalue weighted by atomic mass is 10.1. The number of amides is 1. The SMILES string of the molecule is O=C1N=C(NCc2cccs2)SC1Cc1ccc2ncccc2c1. The van der Waals surface area contributed by atoms with Crippen molar-refractivity contribution in [1.82, 2.24) is 10.3 Å². The molecule has 2 aromatic heterocycles. The zero-order chi connectivity index (χ0) is 16.4. The van der Waals surface area contributed by atoms with Crippen LogP contribution in [0.25, 0.3) is 10.9 Å². The Kier molecular flexibility index (Phi) is 4.32. The largest absolute Gasteiger partial charge is 0.360 e. The first-order chi connectivity index (χ1) is 11.8. The van der Waals surface area contributed by atoms with Gasteiger partial charge < -0.3 is 5.32 Å². The Labute approximate surface area is 148 Å². The van der Waals surface area contributed by atoms with Crippen LogP contribution in [-0.2, 0) is 17.8 Å². The molecule has 0 radical (unpaired) electrons. The maximum Gasteiger partial charge on any atom is 0.261 e. The summed E-state index contributed by atoms with van der Waals surface area (Å²) >= 11 is 3.21. The van der Waals surface area contributed by atoms with E-state index in [2.05, 4.69) is 27.4 Å². The van der Waals surface area contributed by atoms with Gasteiger partial charge in [0.15, 0.2) is 5.17 Å². The van der Waals surface area contributed by atoms with Crippen LogP contribution in [0.3, 0.4) is 0 Å². The molecule has 0 saturated carbocycles. The number of hydrogen-bond acceptors (Lipinski definition) is 5. The highest BCUT2D eigenvalue weighted by atomic mass is 32.2. The molecule has 24 heavy (non-hydrogen) atoms. The minimum atomic E-state index is -0.148. The maximum absolute atomic E-state index is 12.2. The fourth-order valence-electron chi connectivity index (χ4n) is 2.64. The monoisotopic (exact) mass is 353 g/mol. The molecule has 0 aliphatic carbocycles. The molecule has 1 aliphatic heterocycles. The maximum atomic E-state index is 12.2. The number of fused-ring (bicyclic) bond motifs is 1. The molecule has 4 nitrogen and oxygen atoms in total. The highest BCUT2D eigenvalue weighted by Crippen LogP contribution is 2.26. The number of aliphatic imine (C=N–C) groups is 1. The summed E-state index contributed by atoms with van der Waals surface area (Å²) in [6.07, 6.45) is 2.47. The van der Waals surface area contributed by atoms with Crippen LogP contribution in [0, 0.1) is 0 Å². The van der Waals surface area contributed by atoms with Crippen LogP contribution in [0.2, 0.25) is 0 Å². The van der Waals surface area contributed by atoms with E-state index in [1.807, 2.05) is 35.7 Å². The summed E-state index contributed by atoms with van der Waals surface area (Å²) in [6.45, 7) is 0.713. The molecule has 120 valence electrons. The number of carbonyl (C=O) groups excluding carboxylic acids is 1. The van der Waals surface area contributed by atoms with Crippen molar-refractivity contribution in [2.75, 3.05) is 0 Å². The summed E-state index contributed by atoms with van der Waals surface area (Å²) < 4.78 is 0. The molecule has 1 aromatic carbocycles. The van der Waals surface area contributed by atoms with Crippen molar-refractivity contribution in [2.45, 2.75) is 18.2 Å². The molecule has 1 unspecified atom stereocenters. The van der Waals surface area contributed by atoms with Gasteiger partial charge in [0, 0.05) is 16.5 Å². The summed E-state index contributed by atoms with van der Waals surface area (Å²) in [5, 5.41) is 6.97. The molecule has 1 aliphatic rings. The van der Waals surface area contributed by atoms with Crippen LogP contribution >= 0.6 is 23.1 Å². The molecule has 0 saturated heterocycles. The van der Waals surface area contributed by atoms with Crippen LogP contribution in [0.4, 0.5) is 0 Å². The average molecular weight is 353 g/mol. The average Bonchev–Trinajstić information content (AvgIpc) is 3.23. The number of thioether (sulfide) groups is 1. The molecular weight excluding hydrogens is 338 g/mol. The van der Waals surface area contributed by atoms with E-state index in [0.29, 0.717) is 13.0 Å². The number of nitrogens with zero attached hydrogens (tertiary/aromatic N) is 2. The number of rotatable bonds is 4. The van der Waals surface area contributed by atoms with E-state index < -0.39 is 0 Å². The van der Waals surface area contributed by atoms with Crippen molar-refractivity contribution >= 4 is 45.1 Å². The van der Waals surface area contributed by atoms with Crippen molar-refractivity contribution in [3.63, 3.8) is 0 Å². The predicted octanol–water partition coefficient (Wildman–Crippen LogP) is 3.63. The second-order valence-electron chi connectivity index (χ2n) is 5.53. The second kappa shape index (κ2) is 6.75. The van der Waals surface area contributed by atoms with E-state index in [9.17, 15) is 4.79 Å². The number of carbonyl (C=O) groups is 1. The highest BCUT2D eigenvalue weighted by Gasteiger charge is 2.28. The number of hydrogen-bond donors (Lipinski definition) is 1. The molecule has 4 rings (SSSR count). The quantitative estimate of drug-likeness (QED) is 0.778. The number of benzene rings is 1. The van der Waals surface area contributed by atoms with Gasteiger partial charge in [-0.3, -0.25) is 9.78 Å². The second-order valence-corrected chi connectivity index (χ2v) is 7.75. The minimum Gasteiger partial charge on any atom is -0.360 e. The summed E-state index contributed by atoms with van der Waals surface area (Å²) in [4.78, 5) is 21.9. The molecule has 1 atom stereocenters. The van der Waals surface area contributed by atoms with Gasteiger partial charge in [-0.05, 0) is 41.6 Å². The third kappa shape index (κ3) is 3.34. The summed E-state index contributed by atoms with van der Waals surface area (Å²) in [7, 11) is 0. The van der Waals surface area contributed by atoms with Crippen molar-refractivity contribution in [1.29, 1.82) is 0 Å². The normalized spacial score (nSPS) is 17.2. The van der Waals surface area contributed by atoms with E-state index in [0.717, 1.165) is 21.6 Å². The fourth-order valence-corrected chi connectivity index (χ4v) is 4.28. The third-order valence-electron chi connectivity index (χ3n) is 3.82. The van der Waals surface area contributed by atoms with Crippen LogP contribution in [0.5, 0.6) is 0 Å². The van der Waals surface area contributed by atoms with Crippen molar-refractivity contribution < 1.29 is 4.79 Å². The first kappa shape index (κ1) is 15.4. The predicted molar refractivity (Wildman–Crippen MR) is 100 cm³/mol. The Balaban J connectivity index is 1.41. The molecular formula is C18H15N3OS2. The van der Waals surface area contributed by atoms with E-state index in [-0.39, 0.29) is 11.2 Å². The molecule has 1 amide bonds. The van der Waals surface area contributed by atoms with Gasteiger partial charge in [0.1, 0.15) is 0 Å². The zero-order valence-electron chi connectivity index (χ0n) is 12.8. The van der Waals surface area contributed by atoms with Gasteiger partial charge in [-0.15, -0.1) is 11.3 Å². The lowest BCUT2D eigenvalue weighted by Gasteiger charge is -2.08. The Morgan fingerprint density at radius 2 is 2.12 bits per heavy atom. The van der Waals surface area contributed by atoms with Crippen LogP contribution in [0.1, 0.15) is 10.4 Å². The van der Waals surface area contributed by atoms with Gasteiger partial charge in [0.2, 0.25) is 0 Å². The van der Waals surface area contributed by atoms with E-state index in [4.69, 9.17) is 0 Å². The highest BCUT2D eigenvalue weighted by molar-refractivity contribution is 8.15. The molecule has 3 heterocycles. The van der Waals surface area contributed by atoms with Gasteiger partial charge in [-0.2, -0.15) is 4.99 Å². The van der Waals surface area contributed by atoms with E-state index in [1.54, 1.807) is 17.5 Å². The zero-order valence-corrected chi connectivity index (χ0v) is 14.4. The van der Waals surface area contributed by atoms with Crippen LogP contribution < -0.4 is 5.32 Å². The number of thiophene rings is 1. The molecule has 6 heteroatoms. The molecule has 0 fully saturated rings. The fraction of sp³-hybridized carbons (Fsp3) is 0.167. The van der Waals surface area contributed by atoms with Crippen molar-refractivity contribution in [2.24, 2.45) is 4.99 Å². The third-order valence-corrected chi connectivity index (χ3v) is 5.81. The summed E-state index contributed by atoms with van der Waals surface area (Å²) in [5.41, 5.74) is 2.11. The first-order valence-electron chi connectivity index (χ1n) is 7.67. The molecule has 3 aromatic rings. The molecule has 1 N–H and O–H groups in total.